The number of amides is 1. The Morgan fingerprint density at radius 2 is 1.54 bits per heavy atom. The molecule has 0 saturated heterocycles. The highest BCUT2D eigenvalue weighted by Gasteiger charge is 2.16. The average Bonchev–Trinajstić information content (AvgIpc) is 2.46. The third kappa shape index (κ3) is 4.43. The third-order valence-electron chi connectivity index (χ3n) is 3.57. The van der Waals surface area contributed by atoms with E-state index in [4.69, 9.17) is 0 Å². The van der Waals surface area contributed by atoms with E-state index in [0.717, 1.165) is 26.7 Å². The van der Waals surface area contributed by atoms with Gasteiger partial charge in [0.2, 0.25) is 15.9 Å². The molecule has 2 rings (SSSR count). The zero-order valence-electron chi connectivity index (χ0n) is 14.3. The average molecular weight is 346 g/mol. The monoisotopic (exact) mass is 346 g/mol. The molecule has 0 aliphatic heterocycles. The minimum absolute atomic E-state index is 0.136. The molecule has 5 nitrogen and oxygen atoms in total. The minimum atomic E-state index is -3.45. The molecule has 0 spiro atoms. The predicted molar refractivity (Wildman–Crippen MR) is 95.6 cm³/mol. The minimum Gasteiger partial charge on any atom is -0.326 e. The summed E-state index contributed by atoms with van der Waals surface area (Å²) in [6, 6.07) is 12.2. The van der Waals surface area contributed by atoms with Gasteiger partial charge >= 0.3 is 0 Å². The maximum atomic E-state index is 12.2. The lowest BCUT2D eigenvalue weighted by Crippen LogP contribution is -2.22. The van der Waals surface area contributed by atoms with Crippen LogP contribution in [0.4, 0.5) is 5.69 Å². The highest BCUT2D eigenvalue weighted by molar-refractivity contribution is 7.89. The van der Waals surface area contributed by atoms with Crippen LogP contribution in [0.3, 0.4) is 0 Å². The number of rotatable bonds is 5. The fourth-order valence-corrected chi connectivity index (χ4v) is 3.33. The molecule has 2 aromatic carbocycles. The second-order valence-corrected chi connectivity index (χ2v) is 8.18. The van der Waals surface area contributed by atoms with Gasteiger partial charge in [-0.25, -0.2) is 12.7 Å². The van der Waals surface area contributed by atoms with Gasteiger partial charge in [-0.15, -0.1) is 0 Å². The Balaban J connectivity index is 2.07. The van der Waals surface area contributed by atoms with Gasteiger partial charge in [-0.1, -0.05) is 18.2 Å². The molecule has 0 saturated carbocycles. The van der Waals surface area contributed by atoms with Crippen LogP contribution in [0.25, 0.3) is 0 Å². The van der Waals surface area contributed by atoms with Crippen LogP contribution in [-0.4, -0.2) is 32.7 Å². The molecule has 0 aromatic heterocycles. The summed E-state index contributed by atoms with van der Waals surface area (Å²) in [6.45, 7) is 3.96. The first-order valence-corrected chi connectivity index (χ1v) is 9.02. The highest BCUT2D eigenvalue weighted by atomic mass is 32.2. The number of nitrogens with one attached hydrogen (secondary N) is 1. The number of carbonyl (C=O) groups is 1. The number of nitrogens with zero attached hydrogens (tertiary/aromatic N) is 1. The molecule has 2 aromatic rings. The van der Waals surface area contributed by atoms with Gasteiger partial charge in [0.05, 0.1) is 11.3 Å². The zero-order valence-corrected chi connectivity index (χ0v) is 15.1. The Kier molecular flexibility index (Phi) is 5.41. The first-order chi connectivity index (χ1) is 11.2. The topological polar surface area (TPSA) is 66.5 Å². The van der Waals surface area contributed by atoms with Gasteiger partial charge in [0.1, 0.15) is 0 Å². The van der Waals surface area contributed by atoms with E-state index in [9.17, 15) is 13.2 Å². The van der Waals surface area contributed by atoms with Crippen LogP contribution < -0.4 is 5.32 Å². The van der Waals surface area contributed by atoms with Crippen molar-refractivity contribution < 1.29 is 13.2 Å². The van der Waals surface area contributed by atoms with Crippen LogP contribution in [0.1, 0.15) is 16.7 Å². The second kappa shape index (κ2) is 7.15. The molecule has 0 aliphatic carbocycles. The van der Waals surface area contributed by atoms with Crippen molar-refractivity contribution in [1.82, 2.24) is 4.31 Å². The molecule has 1 N–H and O–H groups in total. The van der Waals surface area contributed by atoms with Crippen molar-refractivity contribution in [1.29, 1.82) is 0 Å². The van der Waals surface area contributed by atoms with E-state index in [1.165, 1.54) is 26.2 Å². The quantitative estimate of drug-likeness (QED) is 0.905. The van der Waals surface area contributed by atoms with Crippen molar-refractivity contribution in [3.05, 3.63) is 59.2 Å². The van der Waals surface area contributed by atoms with Crippen molar-refractivity contribution in [3.63, 3.8) is 0 Å². The van der Waals surface area contributed by atoms with Crippen molar-refractivity contribution in [2.45, 2.75) is 25.2 Å². The van der Waals surface area contributed by atoms with E-state index in [1.807, 2.05) is 32.0 Å². The predicted octanol–water partition coefficient (Wildman–Crippen LogP) is 2.73. The Bertz CT molecular complexity index is 821. The van der Waals surface area contributed by atoms with E-state index >= 15 is 0 Å². The fraction of sp³-hybridized carbons (Fsp3) is 0.278. The van der Waals surface area contributed by atoms with Gasteiger partial charge in [0.15, 0.2) is 0 Å². The normalized spacial score (nSPS) is 11.5. The standard InChI is InChI=1S/C18H22N2O3S/c1-13-9-14(2)11-16(10-13)19-18(21)12-15-5-7-17(8-6-15)24(22,23)20(3)4/h5-11H,12H2,1-4H3,(H,19,21). The van der Waals surface area contributed by atoms with Gasteiger partial charge in [0.25, 0.3) is 0 Å². The molecule has 24 heavy (non-hydrogen) atoms. The molecule has 1 amide bonds. The number of carbonyl (C=O) groups excluding carboxylic acids is 1. The number of anilines is 1. The van der Waals surface area contributed by atoms with Crippen LogP contribution in [0, 0.1) is 13.8 Å². The van der Waals surface area contributed by atoms with Gasteiger partial charge in [0, 0.05) is 19.8 Å². The van der Waals surface area contributed by atoms with Crippen LogP contribution in [0.2, 0.25) is 0 Å². The fourth-order valence-electron chi connectivity index (χ4n) is 2.43. The van der Waals surface area contributed by atoms with Gasteiger partial charge in [-0.05, 0) is 54.8 Å². The lowest BCUT2D eigenvalue weighted by molar-refractivity contribution is -0.115. The van der Waals surface area contributed by atoms with E-state index < -0.39 is 10.0 Å². The molecular weight excluding hydrogens is 324 g/mol. The van der Waals surface area contributed by atoms with Gasteiger partial charge < -0.3 is 5.32 Å². The van der Waals surface area contributed by atoms with E-state index in [-0.39, 0.29) is 17.2 Å². The summed E-state index contributed by atoms with van der Waals surface area (Å²) in [5, 5.41) is 2.87. The highest BCUT2D eigenvalue weighted by Crippen LogP contribution is 2.16. The first kappa shape index (κ1) is 18.2. The third-order valence-corrected chi connectivity index (χ3v) is 5.40. The van der Waals surface area contributed by atoms with E-state index in [0.29, 0.717) is 0 Å². The zero-order chi connectivity index (χ0) is 17.9. The second-order valence-electron chi connectivity index (χ2n) is 6.03. The molecule has 6 heteroatoms. The molecule has 0 bridgehead atoms. The SMILES string of the molecule is Cc1cc(C)cc(NC(=O)Cc2ccc(S(=O)(=O)N(C)C)cc2)c1. The number of sulfonamides is 1. The molecule has 0 heterocycles. The van der Waals surface area contributed by atoms with Crippen LogP contribution in [0.5, 0.6) is 0 Å². The van der Waals surface area contributed by atoms with Crippen molar-refractivity contribution >= 4 is 21.6 Å². The smallest absolute Gasteiger partial charge is 0.242 e. The molecule has 0 atom stereocenters. The molecule has 0 unspecified atom stereocenters. The van der Waals surface area contributed by atoms with Gasteiger partial charge in [-0.2, -0.15) is 0 Å². The molecular formula is C18H22N2O3S. The summed E-state index contributed by atoms with van der Waals surface area (Å²) in [6.07, 6.45) is 0.190. The molecule has 0 fully saturated rings. The summed E-state index contributed by atoms with van der Waals surface area (Å²) in [4.78, 5) is 12.4. The molecule has 128 valence electrons. The lowest BCUT2D eigenvalue weighted by atomic mass is 10.1. The van der Waals surface area contributed by atoms with Crippen molar-refractivity contribution in [2.75, 3.05) is 19.4 Å². The van der Waals surface area contributed by atoms with Crippen molar-refractivity contribution in [3.8, 4) is 0 Å². The Morgan fingerprint density at radius 1 is 1.00 bits per heavy atom. The van der Waals surface area contributed by atoms with Crippen molar-refractivity contribution in [2.24, 2.45) is 0 Å². The first-order valence-electron chi connectivity index (χ1n) is 7.58. The molecule has 0 radical (unpaired) electrons. The van der Waals surface area contributed by atoms with E-state index in [2.05, 4.69) is 5.32 Å². The maximum Gasteiger partial charge on any atom is 0.242 e. The Hall–Kier alpha value is -2.18. The van der Waals surface area contributed by atoms with Crippen LogP contribution >= 0.6 is 0 Å². The summed E-state index contributed by atoms with van der Waals surface area (Å²) in [5.74, 6) is -0.136. The van der Waals surface area contributed by atoms with Gasteiger partial charge in [-0.3, -0.25) is 4.79 Å². The summed E-state index contributed by atoms with van der Waals surface area (Å²) < 4.78 is 25.2. The van der Waals surface area contributed by atoms with E-state index in [1.54, 1.807) is 12.1 Å². The summed E-state index contributed by atoms with van der Waals surface area (Å²) in [7, 11) is -0.474. The number of hydrogen-bond donors (Lipinski definition) is 1. The largest absolute Gasteiger partial charge is 0.326 e. The summed E-state index contributed by atoms with van der Waals surface area (Å²) >= 11 is 0. The summed E-state index contributed by atoms with van der Waals surface area (Å²) in [5.41, 5.74) is 3.70. The van der Waals surface area contributed by atoms with Crippen LogP contribution in [0.15, 0.2) is 47.4 Å². The Morgan fingerprint density at radius 3 is 2.04 bits per heavy atom. The number of benzene rings is 2. The molecule has 0 aliphatic rings. The number of aryl methyl sites for hydroxylation is 2. The number of hydrogen-bond acceptors (Lipinski definition) is 3. The maximum absolute atomic E-state index is 12.2. The van der Waals surface area contributed by atoms with Crippen LogP contribution in [-0.2, 0) is 21.2 Å². The Labute approximate surface area is 143 Å². The lowest BCUT2D eigenvalue weighted by Gasteiger charge is -2.12.